The number of rotatable bonds is 6. The van der Waals surface area contributed by atoms with Gasteiger partial charge in [0.1, 0.15) is 12.4 Å². The van der Waals surface area contributed by atoms with Crippen molar-refractivity contribution in [3.05, 3.63) is 64.7 Å². The standard InChI is InChI=1S/C17H16ClNO5/c1-23-13-9-5-8-12(18)14(13)15(16(20)21)19-17(22)24-10-11-6-3-2-4-7-11/h2-9,15H,10H2,1H3,(H,19,22)(H,20,21). The molecule has 24 heavy (non-hydrogen) atoms. The van der Waals surface area contributed by atoms with Crippen molar-refractivity contribution < 1.29 is 24.2 Å². The van der Waals surface area contributed by atoms with Crippen molar-refractivity contribution in [3.63, 3.8) is 0 Å². The molecule has 2 aromatic rings. The van der Waals surface area contributed by atoms with Crippen LogP contribution in [-0.4, -0.2) is 24.3 Å². The molecule has 0 spiro atoms. The average Bonchev–Trinajstić information content (AvgIpc) is 2.58. The zero-order chi connectivity index (χ0) is 17.5. The molecule has 2 N–H and O–H groups in total. The maximum atomic E-state index is 11.9. The van der Waals surface area contributed by atoms with E-state index in [1.807, 2.05) is 18.2 Å². The molecule has 0 aromatic heterocycles. The van der Waals surface area contributed by atoms with Crippen molar-refractivity contribution in [2.75, 3.05) is 7.11 Å². The Morgan fingerprint density at radius 1 is 1.17 bits per heavy atom. The maximum Gasteiger partial charge on any atom is 0.408 e. The number of benzene rings is 2. The Morgan fingerprint density at radius 3 is 2.50 bits per heavy atom. The summed E-state index contributed by atoms with van der Waals surface area (Å²) in [7, 11) is 1.39. The molecule has 6 nitrogen and oxygen atoms in total. The lowest BCUT2D eigenvalue weighted by Crippen LogP contribution is -2.34. The third kappa shape index (κ3) is 4.39. The summed E-state index contributed by atoms with van der Waals surface area (Å²) < 4.78 is 10.2. The minimum atomic E-state index is -1.39. The summed E-state index contributed by atoms with van der Waals surface area (Å²) in [6, 6.07) is 12.4. The normalized spacial score (nSPS) is 11.4. The van der Waals surface area contributed by atoms with E-state index in [4.69, 9.17) is 21.1 Å². The van der Waals surface area contributed by atoms with Crippen LogP contribution in [0.2, 0.25) is 5.02 Å². The second-order valence-electron chi connectivity index (χ2n) is 4.83. The van der Waals surface area contributed by atoms with E-state index in [0.29, 0.717) is 0 Å². The van der Waals surface area contributed by atoms with E-state index < -0.39 is 18.1 Å². The van der Waals surface area contributed by atoms with Crippen LogP contribution in [0.25, 0.3) is 0 Å². The first-order chi connectivity index (χ1) is 11.5. The number of methoxy groups -OCH3 is 1. The molecule has 0 aliphatic heterocycles. The number of carboxylic acids is 1. The summed E-state index contributed by atoms with van der Waals surface area (Å²) >= 11 is 6.07. The molecule has 7 heteroatoms. The molecule has 0 heterocycles. The zero-order valence-corrected chi connectivity index (χ0v) is 13.6. The lowest BCUT2D eigenvalue weighted by molar-refractivity contribution is -0.139. The molecule has 0 aliphatic carbocycles. The molecule has 126 valence electrons. The van der Waals surface area contributed by atoms with Gasteiger partial charge in [-0.25, -0.2) is 9.59 Å². The Hall–Kier alpha value is -2.73. The van der Waals surface area contributed by atoms with E-state index in [2.05, 4.69) is 5.32 Å². The lowest BCUT2D eigenvalue weighted by Gasteiger charge is -2.18. The van der Waals surface area contributed by atoms with Gasteiger partial charge in [0.05, 0.1) is 12.1 Å². The van der Waals surface area contributed by atoms with Crippen molar-refractivity contribution >= 4 is 23.7 Å². The zero-order valence-electron chi connectivity index (χ0n) is 12.9. The number of amides is 1. The predicted octanol–water partition coefficient (Wildman–Crippen LogP) is 3.40. The second kappa shape index (κ2) is 8.21. The fourth-order valence-electron chi connectivity index (χ4n) is 2.12. The highest BCUT2D eigenvalue weighted by atomic mass is 35.5. The van der Waals surface area contributed by atoms with Gasteiger partial charge in [0.2, 0.25) is 0 Å². The Bertz CT molecular complexity index is 720. The molecule has 1 atom stereocenters. The number of aliphatic carboxylic acids is 1. The van der Waals surface area contributed by atoms with Gasteiger partial charge in [0.15, 0.2) is 6.04 Å². The third-order valence-electron chi connectivity index (χ3n) is 3.24. The van der Waals surface area contributed by atoms with Crippen molar-refractivity contribution in [1.29, 1.82) is 0 Å². The topological polar surface area (TPSA) is 84.9 Å². The van der Waals surface area contributed by atoms with Gasteiger partial charge in [-0.1, -0.05) is 48.0 Å². The van der Waals surface area contributed by atoms with Crippen LogP contribution >= 0.6 is 11.6 Å². The van der Waals surface area contributed by atoms with E-state index >= 15 is 0 Å². The summed E-state index contributed by atoms with van der Waals surface area (Å²) in [6.07, 6.45) is -0.867. The quantitative estimate of drug-likeness (QED) is 0.834. The number of nitrogens with one attached hydrogen (secondary N) is 1. The Labute approximate surface area is 144 Å². The van der Waals surface area contributed by atoms with Crippen molar-refractivity contribution in [2.45, 2.75) is 12.6 Å². The first-order valence-corrected chi connectivity index (χ1v) is 7.43. The molecule has 2 aromatic carbocycles. The Kier molecular flexibility index (Phi) is 6.03. The van der Waals surface area contributed by atoms with E-state index in [1.165, 1.54) is 13.2 Å². The summed E-state index contributed by atoms with van der Waals surface area (Å²) in [4.78, 5) is 23.5. The molecular formula is C17H16ClNO5. The fourth-order valence-corrected chi connectivity index (χ4v) is 2.39. The van der Waals surface area contributed by atoms with Crippen molar-refractivity contribution in [2.24, 2.45) is 0 Å². The third-order valence-corrected chi connectivity index (χ3v) is 3.57. The highest BCUT2D eigenvalue weighted by molar-refractivity contribution is 6.31. The monoisotopic (exact) mass is 349 g/mol. The van der Waals surface area contributed by atoms with Gasteiger partial charge in [0.25, 0.3) is 0 Å². The summed E-state index contributed by atoms with van der Waals surface area (Å²) in [5.41, 5.74) is 0.945. The molecule has 0 aliphatic rings. The Balaban J connectivity index is 2.12. The summed E-state index contributed by atoms with van der Waals surface area (Å²) in [5.74, 6) is -1.02. The molecule has 0 fully saturated rings. The smallest absolute Gasteiger partial charge is 0.408 e. The number of alkyl carbamates (subject to hydrolysis) is 1. The van der Waals surface area contributed by atoms with Gasteiger partial charge in [-0.15, -0.1) is 0 Å². The summed E-state index contributed by atoms with van der Waals surface area (Å²) in [6.45, 7) is 0.0265. The van der Waals surface area contributed by atoms with Gasteiger partial charge in [-0.2, -0.15) is 0 Å². The van der Waals surface area contributed by atoms with Gasteiger partial charge in [0, 0.05) is 5.56 Å². The first-order valence-electron chi connectivity index (χ1n) is 7.05. The predicted molar refractivity (Wildman–Crippen MR) is 88.1 cm³/mol. The van der Waals surface area contributed by atoms with Gasteiger partial charge >= 0.3 is 12.1 Å². The number of carbonyl (C=O) groups is 2. The molecule has 0 bridgehead atoms. The highest BCUT2D eigenvalue weighted by Gasteiger charge is 2.28. The number of ether oxygens (including phenoxy) is 2. The van der Waals surface area contributed by atoms with Crippen LogP contribution in [0.1, 0.15) is 17.2 Å². The number of hydrogen-bond donors (Lipinski definition) is 2. The number of carboxylic acid groups (broad SMARTS) is 1. The summed E-state index contributed by atoms with van der Waals surface area (Å²) in [5, 5.41) is 11.9. The van der Waals surface area contributed by atoms with Crippen LogP contribution in [0, 0.1) is 0 Å². The van der Waals surface area contributed by atoms with Crippen molar-refractivity contribution in [3.8, 4) is 5.75 Å². The van der Waals surface area contributed by atoms with E-state index in [0.717, 1.165) is 5.56 Å². The molecule has 0 saturated heterocycles. The van der Waals surface area contributed by atoms with Crippen LogP contribution in [0.15, 0.2) is 48.5 Å². The molecule has 0 radical (unpaired) electrons. The molecule has 1 amide bonds. The van der Waals surface area contributed by atoms with Crippen LogP contribution < -0.4 is 10.1 Å². The number of carbonyl (C=O) groups excluding carboxylic acids is 1. The fraction of sp³-hybridized carbons (Fsp3) is 0.176. The van der Waals surface area contributed by atoms with E-state index in [9.17, 15) is 14.7 Å². The van der Waals surface area contributed by atoms with E-state index in [1.54, 1.807) is 24.3 Å². The highest BCUT2D eigenvalue weighted by Crippen LogP contribution is 2.32. The van der Waals surface area contributed by atoms with Crippen LogP contribution in [0.5, 0.6) is 5.75 Å². The van der Waals surface area contributed by atoms with Gasteiger partial charge < -0.3 is 19.9 Å². The molecule has 1 unspecified atom stereocenters. The van der Waals surface area contributed by atoms with Crippen LogP contribution in [0.4, 0.5) is 4.79 Å². The maximum absolute atomic E-state index is 11.9. The van der Waals surface area contributed by atoms with Crippen molar-refractivity contribution in [1.82, 2.24) is 5.32 Å². The minimum Gasteiger partial charge on any atom is -0.496 e. The number of hydrogen-bond acceptors (Lipinski definition) is 4. The first kappa shape index (κ1) is 17.6. The van der Waals surface area contributed by atoms with Gasteiger partial charge in [-0.3, -0.25) is 0 Å². The number of halogens is 1. The average molecular weight is 350 g/mol. The SMILES string of the molecule is COc1cccc(Cl)c1C(NC(=O)OCc1ccccc1)C(=O)O. The lowest BCUT2D eigenvalue weighted by atomic mass is 10.1. The second-order valence-corrected chi connectivity index (χ2v) is 5.24. The minimum absolute atomic E-state index is 0.0265. The van der Waals surface area contributed by atoms with Crippen LogP contribution in [0.3, 0.4) is 0 Å². The van der Waals surface area contributed by atoms with Crippen LogP contribution in [-0.2, 0) is 16.1 Å². The molecular weight excluding hydrogens is 334 g/mol. The Morgan fingerprint density at radius 2 is 1.88 bits per heavy atom. The largest absolute Gasteiger partial charge is 0.496 e. The van der Waals surface area contributed by atoms with Gasteiger partial charge in [-0.05, 0) is 17.7 Å². The molecule has 0 saturated carbocycles. The van der Waals surface area contributed by atoms with E-state index in [-0.39, 0.29) is 22.9 Å². The molecule has 2 rings (SSSR count).